The van der Waals surface area contributed by atoms with Crippen LogP contribution in [0.3, 0.4) is 0 Å². The molecule has 0 aliphatic rings. The Kier molecular flexibility index (Phi) is 137. The molecular weight excluding hydrogens is 118 g/mol. The standard InChI is InChI=1S/C2H6O.CH4N.Cr/c1-2-3;1-2;/h3H,2H2,1H3;2H,1H3;/q;-1;. The number of aliphatic hydroxyl groups excluding tert-OH is 1. The molecule has 3 heteroatoms. The van der Waals surface area contributed by atoms with E-state index >= 15 is 0 Å². The zero-order valence-electron chi connectivity index (χ0n) is 4.06. The summed E-state index contributed by atoms with van der Waals surface area (Å²) < 4.78 is 0. The van der Waals surface area contributed by atoms with Crippen molar-refractivity contribution >= 4 is 0 Å². The normalized spacial score (nSPS) is 4.00. The second-order valence-electron chi connectivity index (χ2n) is 0.316. The van der Waals surface area contributed by atoms with E-state index in [1.165, 1.54) is 7.05 Å². The third-order valence-corrected chi connectivity index (χ3v) is 0. The third kappa shape index (κ3) is 259. The van der Waals surface area contributed by atoms with Gasteiger partial charge in [0.05, 0.1) is 0 Å². The first-order valence-electron chi connectivity index (χ1n) is 1.52. The van der Waals surface area contributed by atoms with Crippen molar-refractivity contribution in [1.29, 1.82) is 0 Å². The van der Waals surface area contributed by atoms with Crippen molar-refractivity contribution in [2.75, 3.05) is 13.7 Å². The molecule has 0 heterocycles. The Balaban J connectivity index is -0.0000000275. The minimum absolute atomic E-state index is 0. The van der Waals surface area contributed by atoms with Crippen LogP contribution in [0.25, 0.3) is 5.73 Å². The molecular formula is C3H10CrNO-. The Labute approximate surface area is 49.5 Å². The van der Waals surface area contributed by atoms with Crippen LogP contribution in [0.2, 0.25) is 0 Å². The van der Waals surface area contributed by atoms with Crippen LogP contribution in [0.15, 0.2) is 0 Å². The zero-order chi connectivity index (χ0) is 4.71. The molecule has 0 aromatic heterocycles. The van der Waals surface area contributed by atoms with Crippen LogP contribution in [0.4, 0.5) is 0 Å². The monoisotopic (exact) mass is 128 g/mol. The largest absolute Gasteiger partial charge is 0.680 e. The summed E-state index contributed by atoms with van der Waals surface area (Å²) in [6.45, 7) is 1.93. The number of nitrogens with one attached hydrogen (secondary N) is 1. The van der Waals surface area contributed by atoms with E-state index in [4.69, 9.17) is 10.8 Å². The summed E-state index contributed by atoms with van der Waals surface area (Å²) in [6.07, 6.45) is 0. The van der Waals surface area contributed by atoms with Gasteiger partial charge in [0.1, 0.15) is 0 Å². The maximum Gasteiger partial charge on any atom is 0.0402 e. The molecule has 0 aromatic carbocycles. The molecule has 0 aromatic rings. The molecule has 0 saturated carbocycles. The Hall–Kier alpha value is 0.452. The summed E-state index contributed by atoms with van der Waals surface area (Å²) in [7, 11) is 1.25. The van der Waals surface area contributed by atoms with E-state index in [0.717, 1.165) is 0 Å². The van der Waals surface area contributed by atoms with Gasteiger partial charge in [0, 0.05) is 24.0 Å². The molecule has 0 aliphatic carbocycles. The molecule has 0 atom stereocenters. The van der Waals surface area contributed by atoms with E-state index in [1.54, 1.807) is 6.92 Å². The van der Waals surface area contributed by atoms with Crippen molar-refractivity contribution in [3.05, 3.63) is 5.73 Å². The molecule has 0 saturated heterocycles. The van der Waals surface area contributed by atoms with E-state index in [1.807, 2.05) is 0 Å². The van der Waals surface area contributed by atoms with Crippen molar-refractivity contribution in [2.24, 2.45) is 0 Å². The van der Waals surface area contributed by atoms with Crippen molar-refractivity contribution < 1.29 is 22.5 Å². The van der Waals surface area contributed by atoms with Crippen molar-refractivity contribution in [1.82, 2.24) is 0 Å². The van der Waals surface area contributed by atoms with E-state index in [2.05, 4.69) is 0 Å². The first kappa shape index (κ1) is 16.1. The van der Waals surface area contributed by atoms with Crippen molar-refractivity contribution in [3.8, 4) is 0 Å². The topological polar surface area (TPSA) is 44.0 Å². The summed E-state index contributed by atoms with van der Waals surface area (Å²) in [4.78, 5) is 0. The van der Waals surface area contributed by atoms with Crippen LogP contribution in [-0.2, 0) is 17.4 Å². The van der Waals surface area contributed by atoms with Gasteiger partial charge in [0.2, 0.25) is 0 Å². The van der Waals surface area contributed by atoms with Gasteiger partial charge in [-0.15, -0.1) is 0 Å². The van der Waals surface area contributed by atoms with Gasteiger partial charge in [-0.2, -0.15) is 7.05 Å². The van der Waals surface area contributed by atoms with Gasteiger partial charge in [-0.05, 0) is 6.92 Å². The summed E-state index contributed by atoms with van der Waals surface area (Å²) in [5, 5.41) is 7.57. The van der Waals surface area contributed by atoms with Crippen LogP contribution in [0.1, 0.15) is 6.92 Å². The molecule has 2 N–H and O–H groups in total. The Morgan fingerprint density at radius 1 is 1.50 bits per heavy atom. The average molecular weight is 128 g/mol. The van der Waals surface area contributed by atoms with E-state index in [-0.39, 0.29) is 24.0 Å². The molecule has 2 nitrogen and oxygen atoms in total. The van der Waals surface area contributed by atoms with Gasteiger partial charge < -0.3 is 10.8 Å². The summed E-state index contributed by atoms with van der Waals surface area (Å²) in [5.74, 6) is 0. The molecule has 0 spiro atoms. The van der Waals surface area contributed by atoms with Crippen LogP contribution in [0, 0.1) is 0 Å². The summed E-state index contributed by atoms with van der Waals surface area (Å²) >= 11 is 0. The van der Waals surface area contributed by atoms with Gasteiger partial charge >= 0.3 is 0 Å². The maximum atomic E-state index is 7.57. The van der Waals surface area contributed by atoms with Crippen molar-refractivity contribution in [3.63, 3.8) is 0 Å². The molecule has 40 valence electrons. The van der Waals surface area contributed by atoms with Crippen molar-refractivity contribution in [2.45, 2.75) is 6.92 Å². The molecule has 6 heavy (non-hydrogen) atoms. The van der Waals surface area contributed by atoms with Gasteiger partial charge in [0.15, 0.2) is 0 Å². The quantitative estimate of drug-likeness (QED) is 0.511. The van der Waals surface area contributed by atoms with Gasteiger partial charge in [-0.1, -0.05) is 0 Å². The first-order chi connectivity index (χ1) is 2.41. The molecule has 0 unspecified atom stereocenters. The molecule has 0 rings (SSSR count). The number of rotatable bonds is 0. The van der Waals surface area contributed by atoms with Gasteiger partial charge in [0.25, 0.3) is 0 Å². The predicted molar refractivity (Wildman–Crippen MR) is 23.0 cm³/mol. The van der Waals surface area contributed by atoms with E-state index < -0.39 is 0 Å². The SMILES string of the molecule is CCO.C[NH-].[Cr]. The Bertz CT molecular complexity index is 10.8. The van der Waals surface area contributed by atoms with Gasteiger partial charge in [-0.25, -0.2) is 0 Å². The Morgan fingerprint density at radius 2 is 1.50 bits per heavy atom. The van der Waals surface area contributed by atoms with Crippen LogP contribution in [-0.4, -0.2) is 18.8 Å². The fraction of sp³-hybridized carbons (Fsp3) is 1.00. The minimum atomic E-state index is 0. The summed E-state index contributed by atoms with van der Waals surface area (Å²) in [5.41, 5.74) is 5.75. The molecule has 0 bridgehead atoms. The summed E-state index contributed by atoms with van der Waals surface area (Å²) in [6, 6.07) is 0. The zero-order valence-corrected chi connectivity index (χ0v) is 5.34. The van der Waals surface area contributed by atoms with E-state index in [0.29, 0.717) is 0 Å². The molecule has 0 amide bonds. The predicted octanol–water partition coefficient (Wildman–Crippen LogP) is 0.664. The number of aliphatic hydroxyl groups is 1. The molecule has 0 aliphatic heterocycles. The minimum Gasteiger partial charge on any atom is -0.680 e. The maximum absolute atomic E-state index is 7.57. The second kappa shape index (κ2) is 51.2. The second-order valence-corrected chi connectivity index (χ2v) is 0.316. The first-order valence-corrected chi connectivity index (χ1v) is 1.52. The van der Waals surface area contributed by atoms with Gasteiger partial charge in [-0.3, -0.25) is 0 Å². The fourth-order valence-electron chi connectivity index (χ4n) is 0. The third-order valence-electron chi connectivity index (χ3n) is 0. The molecule has 0 fully saturated rings. The number of hydrogen-bond donors (Lipinski definition) is 1. The smallest absolute Gasteiger partial charge is 0.0402 e. The van der Waals surface area contributed by atoms with Crippen LogP contribution >= 0.6 is 0 Å². The van der Waals surface area contributed by atoms with Crippen LogP contribution < -0.4 is 0 Å². The van der Waals surface area contributed by atoms with Crippen LogP contribution in [0.5, 0.6) is 0 Å². The Morgan fingerprint density at radius 3 is 1.50 bits per heavy atom. The average Bonchev–Trinajstić information content (AvgIpc) is 1.46. The molecule has 0 radical (unpaired) electrons. The fourth-order valence-corrected chi connectivity index (χ4v) is 0. The van der Waals surface area contributed by atoms with E-state index in [9.17, 15) is 0 Å². The number of hydrogen-bond acceptors (Lipinski definition) is 1.